The van der Waals surface area contributed by atoms with Crippen LogP contribution in [0.15, 0.2) is 6.33 Å². The van der Waals surface area contributed by atoms with Gasteiger partial charge in [0.25, 0.3) is 5.91 Å². The molecule has 40 heavy (non-hydrogen) atoms. The highest BCUT2D eigenvalue weighted by Gasteiger charge is 2.48. The van der Waals surface area contributed by atoms with E-state index in [2.05, 4.69) is 32.1 Å². The molecule has 214 valence electrons. The van der Waals surface area contributed by atoms with Gasteiger partial charge in [-0.15, -0.1) is 0 Å². The van der Waals surface area contributed by atoms with Crippen molar-refractivity contribution in [3.63, 3.8) is 0 Å². The van der Waals surface area contributed by atoms with Crippen molar-refractivity contribution < 1.29 is 29.3 Å². The number of carbonyl (C=O) groups is 2. The number of fused-ring (bicyclic) bond motifs is 1. The Balaban J connectivity index is 1.09. The Morgan fingerprint density at radius 3 is 2.58 bits per heavy atom. The first-order valence-electron chi connectivity index (χ1n) is 14.1. The van der Waals surface area contributed by atoms with E-state index in [0.717, 1.165) is 51.4 Å². The number of nitrogens with zero attached hydrogens (tertiary/aromatic N) is 5. The molecule has 4 heterocycles. The molecule has 2 aliphatic heterocycles. The van der Waals surface area contributed by atoms with Gasteiger partial charge in [-0.1, -0.05) is 5.92 Å². The van der Waals surface area contributed by atoms with Crippen molar-refractivity contribution in [3.05, 3.63) is 12.2 Å². The van der Waals surface area contributed by atoms with Crippen LogP contribution in [0.5, 0.6) is 0 Å². The zero-order valence-corrected chi connectivity index (χ0v) is 22.2. The zero-order valence-electron chi connectivity index (χ0n) is 22.2. The number of amides is 2. The van der Waals surface area contributed by atoms with Crippen LogP contribution in [-0.4, -0.2) is 90.2 Å². The molecule has 2 aromatic rings. The number of carbonyl (C=O) groups excluding carboxylic acids is 2. The van der Waals surface area contributed by atoms with Gasteiger partial charge in [-0.3, -0.25) is 9.36 Å². The van der Waals surface area contributed by atoms with E-state index in [1.54, 1.807) is 4.90 Å². The first-order valence-corrected chi connectivity index (χ1v) is 14.1. The van der Waals surface area contributed by atoms with Gasteiger partial charge in [0.1, 0.15) is 23.8 Å². The molecular weight excluding hydrogens is 518 g/mol. The maximum absolute atomic E-state index is 12.5. The molecule has 4 fully saturated rings. The van der Waals surface area contributed by atoms with Crippen LogP contribution in [0, 0.1) is 17.8 Å². The minimum absolute atomic E-state index is 0.0685. The number of ether oxygens (including phenoxy) is 2. The molecule has 0 bridgehead atoms. The van der Waals surface area contributed by atoms with Crippen molar-refractivity contribution in [2.75, 3.05) is 18.8 Å². The molecule has 4 atom stereocenters. The predicted octanol–water partition coefficient (Wildman–Crippen LogP) is 0.839. The van der Waals surface area contributed by atoms with E-state index in [-0.39, 0.29) is 35.5 Å². The van der Waals surface area contributed by atoms with Gasteiger partial charge in [0.05, 0.1) is 6.33 Å². The van der Waals surface area contributed by atoms with Crippen LogP contribution in [0.25, 0.3) is 11.2 Å². The average Bonchev–Trinajstić information content (AvgIpc) is 3.29. The molecule has 2 amide bonds. The molecule has 13 nitrogen and oxygen atoms in total. The monoisotopic (exact) mass is 553 g/mol. The van der Waals surface area contributed by atoms with Gasteiger partial charge in [0, 0.05) is 25.6 Å². The standard InChI is InChI=1S/C27H35N7O6/c28-23-19-24(34(14-29-19)26-21(36)20(35)22(40-26)25(37)30-16-8-9-16)32-18(31-23)7-3-4-15-10-12-33(13-11-15)27(38)39-17-5-1-2-6-17/h14-17,20-22,26,35-36H,1-2,4-6,8-13H2,(H,30,37)(H2,28,31,32). The summed E-state index contributed by atoms with van der Waals surface area (Å²) in [6.07, 6.45) is 4.44. The number of aliphatic hydroxyl groups is 2. The second kappa shape index (κ2) is 11.2. The number of nitrogens with one attached hydrogen (secondary N) is 1. The lowest BCUT2D eigenvalue weighted by atomic mass is 9.94. The van der Waals surface area contributed by atoms with Gasteiger partial charge in [-0.2, -0.15) is 0 Å². The minimum Gasteiger partial charge on any atom is -0.446 e. The van der Waals surface area contributed by atoms with E-state index in [0.29, 0.717) is 30.9 Å². The van der Waals surface area contributed by atoms with Gasteiger partial charge in [-0.25, -0.2) is 19.7 Å². The summed E-state index contributed by atoms with van der Waals surface area (Å²) in [6, 6.07) is 0.0906. The Morgan fingerprint density at radius 1 is 1.10 bits per heavy atom. The SMILES string of the molecule is Nc1nc(C#CCC2CCN(C(=O)OC3CCCC3)CC2)nc2c1ncn2C1OC(C(=O)NC2CC2)C(O)C1O. The van der Waals surface area contributed by atoms with E-state index < -0.39 is 30.4 Å². The largest absolute Gasteiger partial charge is 0.446 e. The molecule has 5 N–H and O–H groups in total. The number of nitrogen functional groups attached to an aromatic ring is 1. The highest BCUT2D eigenvalue weighted by atomic mass is 16.6. The van der Waals surface area contributed by atoms with Gasteiger partial charge < -0.3 is 35.6 Å². The number of nitrogens with two attached hydrogens (primary N) is 1. The summed E-state index contributed by atoms with van der Waals surface area (Å²) in [5, 5.41) is 23.9. The molecule has 4 aliphatic rings. The third-order valence-electron chi connectivity index (χ3n) is 8.18. The summed E-state index contributed by atoms with van der Waals surface area (Å²) in [4.78, 5) is 39.7. The maximum Gasteiger partial charge on any atom is 0.410 e. The summed E-state index contributed by atoms with van der Waals surface area (Å²) in [6.45, 7) is 1.31. The Morgan fingerprint density at radius 2 is 1.85 bits per heavy atom. The lowest BCUT2D eigenvalue weighted by Gasteiger charge is -2.31. The van der Waals surface area contributed by atoms with E-state index in [1.807, 2.05) is 0 Å². The number of piperidine rings is 1. The zero-order chi connectivity index (χ0) is 27.8. The normalized spacial score (nSPS) is 27.5. The summed E-state index contributed by atoms with van der Waals surface area (Å²) in [5.41, 5.74) is 6.71. The van der Waals surface area contributed by atoms with Gasteiger partial charge >= 0.3 is 6.09 Å². The molecule has 0 radical (unpaired) electrons. The van der Waals surface area contributed by atoms with Crippen molar-refractivity contribution in [3.8, 4) is 11.8 Å². The Bertz CT molecular complexity index is 1320. The lowest BCUT2D eigenvalue weighted by Crippen LogP contribution is -2.43. The smallest absolute Gasteiger partial charge is 0.410 e. The summed E-state index contributed by atoms with van der Waals surface area (Å²) in [5.74, 6) is 6.32. The number of hydrogen-bond acceptors (Lipinski definition) is 10. The van der Waals surface area contributed by atoms with Crippen molar-refractivity contribution in [2.24, 2.45) is 5.92 Å². The van der Waals surface area contributed by atoms with E-state index in [1.165, 1.54) is 10.9 Å². The first kappa shape index (κ1) is 26.7. The third-order valence-corrected chi connectivity index (χ3v) is 8.18. The number of anilines is 1. The summed E-state index contributed by atoms with van der Waals surface area (Å²) >= 11 is 0. The summed E-state index contributed by atoms with van der Waals surface area (Å²) < 4.78 is 12.8. The van der Waals surface area contributed by atoms with E-state index >= 15 is 0 Å². The topological polar surface area (TPSA) is 178 Å². The molecule has 2 saturated heterocycles. The maximum atomic E-state index is 12.5. The number of likely N-dealkylation sites (tertiary alicyclic amines) is 1. The van der Waals surface area contributed by atoms with Crippen LogP contribution < -0.4 is 11.1 Å². The van der Waals surface area contributed by atoms with Gasteiger partial charge in [0.2, 0.25) is 5.82 Å². The molecular formula is C27H35N7O6. The fourth-order valence-corrected chi connectivity index (χ4v) is 5.61. The third kappa shape index (κ3) is 5.56. The first-order chi connectivity index (χ1) is 19.4. The van der Waals surface area contributed by atoms with Crippen LogP contribution in [0.1, 0.15) is 69.8 Å². The highest BCUT2D eigenvalue weighted by molar-refractivity contribution is 5.83. The van der Waals surface area contributed by atoms with Crippen LogP contribution in [0.4, 0.5) is 10.6 Å². The van der Waals surface area contributed by atoms with Crippen LogP contribution in [-0.2, 0) is 14.3 Å². The van der Waals surface area contributed by atoms with Gasteiger partial charge in [-0.05, 0) is 63.2 Å². The van der Waals surface area contributed by atoms with Crippen LogP contribution >= 0.6 is 0 Å². The predicted molar refractivity (Wildman–Crippen MR) is 141 cm³/mol. The van der Waals surface area contributed by atoms with Gasteiger partial charge in [0.15, 0.2) is 23.8 Å². The molecule has 0 aromatic carbocycles. The van der Waals surface area contributed by atoms with E-state index in [4.69, 9.17) is 15.2 Å². The molecule has 2 aromatic heterocycles. The Hall–Kier alpha value is -3.47. The quantitative estimate of drug-likeness (QED) is 0.388. The fraction of sp³-hybridized carbons (Fsp3) is 0.667. The van der Waals surface area contributed by atoms with E-state index in [9.17, 15) is 19.8 Å². The molecule has 4 unspecified atom stereocenters. The fourth-order valence-electron chi connectivity index (χ4n) is 5.61. The molecule has 6 rings (SSSR count). The number of rotatable bonds is 5. The number of hydrogen-bond donors (Lipinski definition) is 4. The lowest BCUT2D eigenvalue weighted by molar-refractivity contribution is -0.137. The molecule has 0 spiro atoms. The van der Waals surface area contributed by atoms with Crippen LogP contribution in [0.3, 0.4) is 0 Å². The van der Waals surface area contributed by atoms with Crippen molar-refractivity contribution in [1.29, 1.82) is 0 Å². The highest BCUT2D eigenvalue weighted by Crippen LogP contribution is 2.33. The second-order valence-electron chi connectivity index (χ2n) is 11.2. The number of aromatic nitrogens is 4. The molecule has 2 aliphatic carbocycles. The molecule has 13 heteroatoms. The molecule has 2 saturated carbocycles. The second-order valence-corrected chi connectivity index (χ2v) is 11.2. The van der Waals surface area contributed by atoms with Crippen molar-refractivity contribution in [2.45, 2.75) is 94.5 Å². The average molecular weight is 554 g/mol. The number of aliphatic hydroxyl groups excluding tert-OH is 2. The Kier molecular flexibility index (Phi) is 7.48. The number of imidazole rings is 1. The minimum atomic E-state index is -1.41. The Labute approximate surface area is 231 Å². The summed E-state index contributed by atoms with van der Waals surface area (Å²) in [7, 11) is 0. The van der Waals surface area contributed by atoms with Crippen LogP contribution in [0.2, 0.25) is 0 Å². The van der Waals surface area contributed by atoms with Crippen molar-refractivity contribution in [1.82, 2.24) is 29.7 Å². The van der Waals surface area contributed by atoms with Crippen molar-refractivity contribution >= 4 is 29.0 Å².